The van der Waals surface area contributed by atoms with Crippen molar-refractivity contribution in [2.45, 2.75) is 51.1 Å². The Morgan fingerprint density at radius 1 is 0.793 bits per heavy atom. The summed E-state index contributed by atoms with van der Waals surface area (Å²) in [6, 6.07) is 14.4. The monoisotopic (exact) mass is 397 g/mol. The molecule has 2 aromatic rings. The number of nitrogens with zero attached hydrogens (tertiary/aromatic N) is 2. The zero-order valence-electron chi connectivity index (χ0n) is 16.8. The van der Waals surface area contributed by atoms with E-state index in [4.69, 9.17) is 10.1 Å². The van der Waals surface area contributed by atoms with Gasteiger partial charge in [0, 0.05) is 18.7 Å². The van der Waals surface area contributed by atoms with E-state index >= 15 is 0 Å². The van der Waals surface area contributed by atoms with Gasteiger partial charge in [-0.15, -0.1) is 0 Å². The molecule has 6 nitrogen and oxygen atoms in total. The van der Waals surface area contributed by atoms with E-state index in [1.807, 2.05) is 29.3 Å². The number of hydrogen-bond donors (Lipinski definition) is 4. The van der Waals surface area contributed by atoms with E-state index in [9.17, 15) is 10.2 Å². The van der Waals surface area contributed by atoms with E-state index in [2.05, 4.69) is 5.43 Å². The van der Waals surface area contributed by atoms with E-state index in [-0.39, 0.29) is 24.3 Å². The van der Waals surface area contributed by atoms with Crippen LogP contribution in [0.2, 0.25) is 0 Å². The first-order valence-electron chi connectivity index (χ1n) is 10.5. The summed E-state index contributed by atoms with van der Waals surface area (Å²) in [4.78, 5) is 4.77. The van der Waals surface area contributed by atoms with Crippen molar-refractivity contribution < 1.29 is 15.3 Å². The molecule has 0 radical (unpaired) electrons. The number of para-hydroxylation sites is 2. The fourth-order valence-electron chi connectivity index (χ4n) is 3.60. The molecule has 1 unspecified atom stereocenters. The number of nitrogens with one attached hydrogen (secondary N) is 1. The average Bonchev–Trinajstić information content (AvgIpc) is 3.14. The van der Waals surface area contributed by atoms with Gasteiger partial charge < -0.3 is 15.3 Å². The Morgan fingerprint density at radius 3 is 2.10 bits per heavy atom. The summed E-state index contributed by atoms with van der Waals surface area (Å²) in [7, 11) is 0. The van der Waals surface area contributed by atoms with E-state index in [1.165, 1.54) is 19.3 Å². The Morgan fingerprint density at radius 2 is 1.41 bits per heavy atom. The van der Waals surface area contributed by atoms with Crippen LogP contribution in [-0.2, 0) is 0 Å². The average molecular weight is 398 g/mol. The number of phenolic OH excluding ortho intramolecular Hbond substituents is 2. The number of amidine groups is 1. The molecular formula is C23H31N3O3. The van der Waals surface area contributed by atoms with Gasteiger partial charge in [0.1, 0.15) is 17.7 Å². The zero-order valence-corrected chi connectivity index (χ0v) is 16.8. The van der Waals surface area contributed by atoms with Crippen molar-refractivity contribution in [3.63, 3.8) is 0 Å². The largest absolute Gasteiger partial charge is 0.508 e. The summed E-state index contributed by atoms with van der Waals surface area (Å²) in [5.41, 5.74) is 4.77. The lowest BCUT2D eigenvalue weighted by atomic mass is 10.1. The minimum atomic E-state index is -0.385. The Labute approximate surface area is 172 Å². The predicted molar refractivity (Wildman–Crippen MR) is 115 cm³/mol. The molecule has 0 saturated heterocycles. The lowest BCUT2D eigenvalue weighted by Crippen LogP contribution is -2.39. The number of hydrogen-bond acceptors (Lipinski definition) is 6. The van der Waals surface area contributed by atoms with Crippen LogP contribution in [0.5, 0.6) is 11.5 Å². The summed E-state index contributed by atoms with van der Waals surface area (Å²) in [6.45, 7) is 1.06. The number of aliphatic imine (C=N–C) groups is 1. The van der Waals surface area contributed by atoms with Gasteiger partial charge in [0.25, 0.3) is 0 Å². The second-order valence-electron chi connectivity index (χ2n) is 7.41. The van der Waals surface area contributed by atoms with Gasteiger partial charge in [0.05, 0.1) is 5.56 Å². The molecule has 156 valence electrons. The number of rotatable bonds is 11. The maximum atomic E-state index is 10.3. The molecule has 1 aliphatic rings. The van der Waals surface area contributed by atoms with Gasteiger partial charge in [-0.2, -0.15) is 0 Å². The smallest absolute Gasteiger partial charge is 0.151 e. The number of phenols is 2. The highest BCUT2D eigenvalue weighted by Crippen LogP contribution is 2.31. The summed E-state index contributed by atoms with van der Waals surface area (Å²) >= 11 is 0. The topological polar surface area (TPSA) is 88.3 Å². The first-order chi connectivity index (χ1) is 14.2. The van der Waals surface area contributed by atoms with Gasteiger partial charge in [0.2, 0.25) is 0 Å². The quantitative estimate of drug-likeness (QED) is 0.429. The third-order valence-corrected chi connectivity index (χ3v) is 5.20. The first kappa shape index (κ1) is 21.1. The van der Waals surface area contributed by atoms with E-state index in [0.717, 1.165) is 32.2 Å². The molecule has 2 aromatic carbocycles. The first-order valence-corrected chi connectivity index (χ1v) is 10.5. The minimum absolute atomic E-state index is 0.194. The Balaban J connectivity index is 1.63. The molecule has 1 atom stereocenters. The maximum absolute atomic E-state index is 10.3. The van der Waals surface area contributed by atoms with Crippen LogP contribution in [0, 0.1) is 0 Å². The SMILES string of the molecule is OCCCCCCCCCN1NC(c2ccccc2O)N=C1c1ccccc1O. The Hall–Kier alpha value is -2.57. The Bertz CT molecular complexity index is 809. The fourth-order valence-corrected chi connectivity index (χ4v) is 3.60. The molecule has 1 aliphatic heterocycles. The zero-order chi connectivity index (χ0) is 20.5. The van der Waals surface area contributed by atoms with Crippen LogP contribution >= 0.6 is 0 Å². The molecule has 0 spiro atoms. The van der Waals surface area contributed by atoms with Crippen molar-refractivity contribution in [2.75, 3.05) is 13.2 Å². The van der Waals surface area contributed by atoms with Crippen molar-refractivity contribution in [1.29, 1.82) is 0 Å². The third-order valence-electron chi connectivity index (χ3n) is 5.20. The molecule has 3 rings (SSSR count). The van der Waals surface area contributed by atoms with Crippen LogP contribution in [0.4, 0.5) is 0 Å². The van der Waals surface area contributed by atoms with Gasteiger partial charge in [-0.1, -0.05) is 62.4 Å². The molecule has 0 amide bonds. The number of unbranched alkanes of at least 4 members (excludes halogenated alkanes) is 6. The van der Waals surface area contributed by atoms with E-state index in [0.29, 0.717) is 17.0 Å². The van der Waals surface area contributed by atoms with Crippen molar-refractivity contribution in [3.8, 4) is 11.5 Å². The second kappa shape index (κ2) is 10.8. The molecular weight excluding hydrogens is 366 g/mol. The predicted octanol–water partition coefficient (Wildman–Crippen LogP) is 4.09. The lowest BCUT2D eigenvalue weighted by Gasteiger charge is -2.22. The van der Waals surface area contributed by atoms with Gasteiger partial charge in [-0.25, -0.2) is 10.4 Å². The summed E-state index contributed by atoms with van der Waals surface area (Å²) in [5.74, 6) is 1.09. The molecule has 0 bridgehead atoms. The molecule has 6 heteroatoms. The van der Waals surface area contributed by atoms with E-state index in [1.54, 1.807) is 24.3 Å². The normalized spacial score (nSPS) is 16.2. The molecule has 0 aromatic heterocycles. The van der Waals surface area contributed by atoms with E-state index < -0.39 is 0 Å². The van der Waals surface area contributed by atoms with Crippen LogP contribution in [0.3, 0.4) is 0 Å². The van der Waals surface area contributed by atoms with Crippen molar-refractivity contribution >= 4 is 5.84 Å². The Kier molecular flexibility index (Phi) is 7.90. The van der Waals surface area contributed by atoms with Gasteiger partial charge in [-0.3, -0.25) is 5.01 Å². The minimum Gasteiger partial charge on any atom is -0.508 e. The number of aliphatic hydroxyl groups excluding tert-OH is 1. The molecule has 4 N–H and O–H groups in total. The highest BCUT2D eigenvalue weighted by atomic mass is 16.3. The molecule has 0 fully saturated rings. The van der Waals surface area contributed by atoms with Crippen molar-refractivity contribution in [2.24, 2.45) is 4.99 Å². The molecule has 0 aliphatic carbocycles. The second-order valence-corrected chi connectivity index (χ2v) is 7.41. The number of hydrazine groups is 1. The molecule has 29 heavy (non-hydrogen) atoms. The molecule has 0 saturated carbocycles. The maximum Gasteiger partial charge on any atom is 0.151 e. The van der Waals surface area contributed by atoms with Gasteiger partial charge in [0.15, 0.2) is 5.84 Å². The van der Waals surface area contributed by atoms with Gasteiger partial charge in [-0.05, 0) is 31.0 Å². The standard InChI is InChI=1S/C23H31N3O3/c27-17-11-5-3-1-2-4-10-16-26-23(19-13-7-9-15-21(19)29)24-22(25-26)18-12-6-8-14-20(18)28/h6-9,12-15,22,25,27-29H,1-5,10-11,16-17H2. The molecule has 1 heterocycles. The summed E-state index contributed by atoms with van der Waals surface area (Å²) < 4.78 is 0. The van der Waals surface area contributed by atoms with Crippen LogP contribution < -0.4 is 5.43 Å². The van der Waals surface area contributed by atoms with Crippen molar-refractivity contribution in [3.05, 3.63) is 59.7 Å². The fraction of sp³-hybridized carbons (Fsp3) is 0.435. The lowest BCUT2D eigenvalue weighted by molar-refractivity contribution is 0.281. The third kappa shape index (κ3) is 5.71. The number of benzene rings is 2. The highest BCUT2D eigenvalue weighted by Gasteiger charge is 2.29. The van der Waals surface area contributed by atoms with Gasteiger partial charge >= 0.3 is 0 Å². The summed E-state index contributed by atoms with van der Waals surface area (Å²) in [6.07, 6.45) is 7.26. The number of aliphatic hydroxyl groups is 1. The van der Waals surface area contributed by atoms with Crippen LogP contribution in [-0.4, -0.2) is 39.3 Å². The van der Waals surface area contributed by atoms with Crippen molar-refractivity contribution in [1.82, 2.24) is 10.4 Å². The van der Waals surface area contributed by atoms with Crippen LogP contribution in [0.25, 0.3) is 0 Å². The van der Waals surface area contributed by atoms with Crippen LogP contribution in [0.15, 0.2) is 53.5 Å². The highest BCUT2D eigenvalue weighted by molar-refractivity contribution is 6.01. The van der Waals surface area contributed by atoms with Crippen LogP contribution in [0.1, 0.15) is 62.2 Å². The number of aromatic hydroxyl groups is 2. The summed E-state index contributed by atoms with van der Waals surface area (Å²) in [5, 5.41) is 31.3.